The van der Waals surface area contributed by atoms with Crippen molar-refractivity contribution in [2.75, 3.05) is 31.1 Å². The molecule has 0 amide bonds. The molecule has 0 spiro atoms. The van der Waals surface area contributed by atoms with E-state index >= 15 is 0 Å². The molecule has 0 saturated carbocycles. The Morgan fingerprint density at radius 1 is 1.30 bits per heavy atom. The summed E-state index contributed by atoms with van der Waals surface area (Å²) in [6.07, 6.45) is -3.49. The number of hydrogen-bond donors (Lipinski definition) is 2. The van der Waals surface area contributed by atoms with Crippen molar-refractivity contribution in [3.05, 3.63) is 45.9 Å². The lowest BCUT2D eigenvalue weighted by atomic mass is 10.2. The van der Waals surface area contributed by atoms with Crippen LogP contribution in [0.2, 0.25) is 0 Å². The first-order valence-electron chi connectivity index (χ1n) is 9.53. The highest BCUT2D eigenvalue weighted by Crippen LogP contribution is 2.30. The van der Waals surface area contributed by atoms with Crippen LogP contribution < -0.4 is 15.5 Å². The highest BCUT2D eigenvalue weighted by molar-refractivity contribution is 7.09. The van der Waals surface area contributed by atoms with Gasteiger partial charge < -0.3 is 15.5 Å². The SMILES string of the molecule is CCNC(=NCCc1nc(C(F)(F)F)cs1)NC1CCN(c2c(F)cccc2F)C1. The first-order valence-corrected chi connectivity index (χ1v) is 10.4. The molecule has 11 heteroatoms. The highest BCUT2D eigenvalue weighted by Gasteiger charge is 2.33. The zero-order valence-electron chi connectivity index (χ0n) is 16.3. The van der Waals surface area contributed by atoms with Gasteiger partial charge in [0.25, 0.3) is 0 Å². The summed E-state index contributed by atoms with van der Waals surface area (Å²) >= 11 is 0.956. The van der Waals surface area contributed by atoms with Crippen LogP contribution >= 0.6 is 11.3 Å². The number of hydrogen-bond acceptors (Lipinski definition) is 4. The van der Waals surface area contributed by atoms with Crippen LogP contribution in [0.5, 0.6) is 0 Å². The van der Waals surface area contributed by atoms with Gasteiger partial charge >= 0.3 is 6.18 Å². The normalized spacial score (nSPS) is 17.5. The average Bonchev–Trinajstić information content (AvgIpc) is 3.31. The number of halogens is 5. The summed E-state index contributed by atoms with van der Waals surface area (Å²) in [5.41, 5.74) is -0.920. The molecule has 1 saturated heterocycles. The molecule has 1 atom stereocenters. The summed E-state index contributed by atoms with van der Waals surface area (Å²) in [7, 11) is 0. The summed E-state index contributed by atoms with van der Waals surface area (Å²) in [6, 6.07) is 3.72. The molecular weight excluding hydrogens is 425 g/mol. The molecule has 1 aliphatic heterocycles. The number of anilines is 1. The Kier molecular flexibility index (Phi) is 7.11. The Hall–Kier alpha value is -2.43. The molecule has 1 aromatic carbocycles. The van der Waals surface area contributed by atoms with Gasteiger partial charge in [-0.3, -0.25) is 4.99 Å². The van der Waals surface area contributed by atoms with Gasteiger partial charge in [-0.1, -0.05) is 6.07 Å². The summed E-state index contributed by atoms with van der Waals surface area (Å²) in [5, 5.41) is 7.67. The van der Waals surface area contributed by atoms with Crippen molar-refractivity contribution in [1.82, 2.24) is 15.6 Å². The van der Waals surface area contributed by atoms with Crippen LogP contribution in [0.4, 0.5) is 27.6 Å². The van der Waals surface area contributed by atoms with Crippen molar-refractivity contribution in [3.8, 4) is 0 Å². The molecule has 2 N–H and O–H groups in total. The predicted octanol–water partition coefficient (Wildman–Crippen LogP) is 3.82. The number of alkyl halides is 3. The standard InChI is InChI=1S/C19H22F5N5S/c1-2-25-18(26-8-6-16-28-15(11-30-16)19(22,23)24)27-12-7-9-29(10-12)17-13(20)4-3-5-14(17)21/h3-5,11-12H,2,6-10H2,1H3,(H2,25,26,27). The second kappa shape index (κ2) is 9.59. The van der Waals surface area contributed by atoms with Crippen molar-refractivity contribution in [2.45, 2.75) is 32.0 Å². The van der Waals surface area contributed by atoms with Crippen LogP contribution in [0.1, 0.15) is 24.0 Å². The molecule has 0 radical (unpaired) electrons. The smallest absolute Gasteiger partial charge is 0.365 e. The lowest BCUT2D eigenvalue weighted by molar-refractivity contribution is -0.140. The molecule has 2 aromatic rings. The topological polar surface area (TPSA) is 52.6 Å². The third-order valence-corrected chi connectivity index (χ3v) is 5.47. The highest BCUT2D eigenvalue weighted by atomic mass is 32.1. The van der Waals surface area contributed by atoms with E-state index in [0.29, 0.717) is 37.0 Å². The quantitative estimate of drug-likeness (QED) is 0.402. The molecular formula is C19H22F5N5S. The van der Waals surface area contributed by atoms with Crippen LogP contribution in [-0.2, 0) is 12.6 Å². The Bertz CT molecular complexity index is 862. The summed E-state index contributed by atoms with van der Waals surface area (Å²) < 4.78 is 65.9. The van der Waals surface area contributed by atoms with E-state index in [-0.39, 0.29) is 24.7 Å². The third kappa shape index (κ3) is 5.59. The minimum Gasteiger partial charge on any atom is -0.365 e. The van der Waals surface area contributed by atoms with Crippen LogP contribution in [0.3, 0.4) is 0 Å². The molecule has 0 bridgehead atoms. The predicted molar refractivity (Wildman–Crippen MR) is 107 cm³/mol. The molecule has 30 heavy (non-hydrogen) atoms. The number of para-hydroxylation sites is 1. The number of aliphatic imine (C=N–C) groups is 1. The van der Waals surface area contributed by atoms with Gasteiger partial charge in [0.2, 0.25) is 0 Å². The van der Waals surface area contributed by atoms with Gasteiger partial charge in [0.1, 0.15) is 17.3 Å². The zero-order chi connectivity index (χ0) is 21.7. The van der Waals surface area contributed by atoms with E-state index in [4.69, 9.17) is 0 Å². The van der Waals surface area contributed by atoms with E-state index in [9.17, 15) is 22.0 Å². The first kappa shape index (κ1) is 22.3. The van der Waals surface area contributed by atoms with E-state index in [1.807, 2.05) is 6.92 Å². The molecule has 5 nitrogen and oxygen atoms in total. The van der Waals surface area contributed by atoms with Crippen LogP contribution in [0.25, 0.3) is 0 Å². The van der Waals surface area contributed by atoms with Crippen LogP contribution in [-0.4, -0.2) is 43.2 Å². The van der Waals surface area contributed by atoms with Gasteiger partial charge in [-0.2, -0.15) is 13.2 Å². The second-order valence-electron chi connectivity index (χ2n) is 6.78. The molecule has 0 aliphatic carbocycles. The van der Waals surface area contributed by atoms with Crippen molar-refractivity contribution >= 4 is 23.0 Å². The molecule has 1 aromatic heterocycles. The summed E-state index contributed by atoms with van der Waals surface area (Å²) in [5.74, 6) is -0.693. The maximum atomic E-state index is 14.0. The number of nitrogens with one attached hydrogen (secondary N) is 2. The number of aromatic nitrogens is 1. The largest absolute Gasteiger partial charge is 0.434 e. The zero-order valence-corrected chi connectivity index (χ0v) is 17.1. The van der Waals surface area contributed by atoms with Crippen LogP contribution in [0, 0.1) is 11.6 Å². The second-order valence-corrected chi connectivity index (χ2v) is 7.72. The number of guanidine groups is 1. The average molecular weight is 447 g/mol. The van der Waals surface area contributed by atoms with Gasteiger partial charge in [0.15, 0.2) is 11.7 Å². The molecule has 2 heterocycles. The lowest BCUT2D eigenvalue weighted by Crippen LogP contribution is -2.44. The van der Waals surface area contributed by atoms with Crippen molar-refractivity contribution < 1.29 is 22.0 Å². The number of rotatable bonds is 6. The monoisotopic (exact) mass is 447 g/mol. The summed E-state index contributed by atoms with van der Waals surface area (Å²) in [4.78, 5) is 9.64. The fourth-order valence-corrected chi connectivity index (χ4v) is 4.00. The molecule has 1 unspecified atom stereocenters. The van der Waals surface area contributed by atoms with E-state index in [1.165, 1.54) is 18.2 Å². The van der Waals surface area contributed by atoms with E-state index < -0.39 is 23.5 Å². The number of thiazole rings is 1. The maximum absolute atomic E-state index is 14.0. The Morgan fingerprint density at radius 3 is 2.67 bits per heavy atom. The lowest BCUT2D eigenvalue weighted by Gasteiger charge is -2.21. The fourth-order valence-electron chi connectivity index (χ4n) is 3.20. The molecule has 3 rings (SSSR count). The van der Waals surface area contributed by atoms with Gasteiger partial charge in [0.05, 0.1) is 5.01 Å². The number of nitrogens with zero attached hydrogens (tertiary/aromatic N) is 3. The minimum atomic E-state index is -4.44. The third-order valence-electron chi connectivity index (χ3n) is 4.56. The molecule has 1 aliphatic rings. The Morgan fingerprint density at radius 2 is 2.03 bits per heavy atom. The number of benzene rings is 1. The summed E-state index contributed by atoms with van der Waals surface area (Å²) in [6.45, 7) is 3.65. The Labute approximate surface area is 175 Å². The van der Waals surface area contributed by atoms with Crippen molar-refractivity contribution in [2.24, 2.45) is 4.99 Å². The van der Waals surface area contributed by atoms with Gasteiger partial charge in [0, 0.05) is 44.0 Å². The minimum absolute atomic E-state index is 0.0343. The van der Waals surface area contributed by atoms with E-state index in [1.54, 1.807) is 4.90 Å². The molecule has 1 fully saturated rings. The van der Waals surface area contributed by atoms with E-state index in [0.717, 1.165) is 16.7 Å². The van der Waals surface area contributed by atoms with Crippen LogP contribution in [0.15, 0.2) is 28.6 Å². The van der Waals surface area contributed by atoms with Gasteiger partial charge in [-0.15, -0.1) is 11.3 Å². The van der Waals surface area contributed by atoms with Crippen molar-refractivity contribution in [1.29, 1.82) is 0 Å². The van der Waals surface area contributed by atoms with Gasteiger partial charge in [-0.25, -0.2) is 13.8 Å². The van der Waals surface area contributed by atoms with Gasteiger partial charge in [-0.05, 0) is 25.5 Å². The van der Waals surface area contributed by atoms with E-state index in [2.05, 4.69) is 20.6 Å². The molecule has 164 valence electrons. The van der Waals surface area contributed by atoms with Crippen molar-refractivity contribution in [3.63, 3.8) is 0 Å². The Balaban J connectivity index is 1.57. The maximum Gasteiger partial charge on any atom is 0.434 e. The fraction of sp³-hybridized carbons (Fsp3) is 0.474. The first-order chi connectivity index (χ1) is 14.3.